The molecule has 5 rings (SSSR count). The lowest BCUT2D eigenvalue weighted by Gasteiger charge is -2.27. The highest BCUT2D eigenvalue weighted by Gasteiger charge is 2.38. The van der Waals surface area contributed by atoms with Crippen molar-refractivity contribution in [1.82, 2.24) is 9.88 Å². The van der Waals surface area contributed by atoms with Crippen LogP contribution in [0.4, 0.5) is 10.5 Å². The van der Waals surface area contributed by atoms with Gasteiger partial charge in [0.1, 0.15) is 5.57 Å². The van der Waals surface area contributed by atoms with Crippen LogP contribution in [0.2, 0.25) is 10.0 Å². The van der Waals surface area contributed by atoms with Crippen molar-refractivity contribution in [3.05, 3.63) is 106 Å². The molecule has 168 valence electrons. The lowest BCUT2D eigenvalue weighted by Crippen LogP contribution is -2.54. The first-order valence-corrected chi connectivity index (χ1v) is 11.2. The molecule has 4 aromatic rings. The van der Waals surface area contributed by atoms with E-state index >= 15 is 0 Å². The molecule has 1 aromatic heterocycles. The number of fused-ring (bicyclic) bond motifs is 1. The Bertz CT molecular complexity index is 1490. The van der Waals surface area contributed by atoms with Gasteiger partial charge in [-0.25, -0.2) is 9.69 Å². The molecule has 1 aliphatic rings. The van der Waals surface area contributed by atoms with E-state index in [1.54, 1.807) is 12.1 Å². The maximum Gasteiger partial charge on any atom is 0.336 e. The molecule has 0 unspecified atom stereocenters. The smallest absolute Gasteiger partial charge is 0.336 e. The summed E-state index contributed by atoms with van der Waals surface area (Å²) < 4.78 is 2.05. The second-order valence-electron chi connectivity index (χ2n) is 7.75. The van der Waals surface area contributed by atoms with E-state index in [-0.39, 0.29) is 21.3 Å². The molecule has 2 heterocycles. The molecule has 8 heteroatoms. The van der Waals surface area contributed by atoms with Crippen molar-refractivity contribution >= 4 is 63.7 Å². The average Bonchev–Trinajstić information content (AvgIpc) is 3.17. The van der Waals surface area contributed by atoms with Crippen LogP contribution in [0.1, 0.15) is 11.1 Å². The average molecular weight is 490 g/mol. The molecule has 0 atom stereocenters. The van der Waals surface area contributed by atoms with Gasteiger partial charge in [0.2, 0.25) is 0 Å². The fourth-order valence-electron chi connectivity index (χ4n) is 4.00. The van der Waals surface area contributed by atoms with Crippen LogP contribution in [-0.4, -0.2) is 22.4 Å². The summed E-state index contributed by atoms with van der Waals surface area (Å²) in [5, 5.41) is 3.32. The van der Waals surface area contributed by atoms with Gasteiger partial charge in [-0.1, -0.05) is 77.8 Å². The summed E-state index contributed by atoms with van der Waals surface area (Å²) in [7, 11) is 0. The van der Waals surface area contributed by atoms with Crippen molar-refractivity contribution in [2.24, 2.45) is 0 Å². The Balaban J connectivity index is 1.59. The number of imide groups is 2. The Morgan fingerprint density at radius 3 is 2.38 bits per heavy atom. The molecule has 0 radical (unpaired) electrons. The van der Waals surface area contributed by atoms with E-state index in [0.717, 1.165) is 21.4 Å². The minimum absolute atomic E-state index is 0.0424. The molecule has 0 spiro atoms. The second kappa shape index (κ2) is 8.82. The Kier molecular flexibility index (Phi) is 5.69. The lowest BCUT2D eigenvalue weighted by atomic mass is 10.1. The molecule has 1 saturated heterocycles. The normalized spacial score (nSPS) is 15.3. The van der Waals surface area contributed by atoms with Gasteiger partial charge in [-0.2, -0.15) is 0 Å². The molecule has 4 amide bonds. The summed E-state index contributed by atoms with van der Waals surface area (Å²) in [6.07, 6.45) is 3.39. The Hall–Kier alpha value is -3.87. The van der Waals surface area contributed by atoms with Gasteiger partial charge in [0.25, 0.3) is 11.8 Å². The number of nitrogens with one attached hydrogen (secondary N) is 1. The molecule has 34 heavy (non-hydrogen) atoms. The Labute approximate surface area is 205 Å². The van der Waals surface area contributed by atoms with Crippen LogP contribution in [0, 0.1) is 0 Å². The number of rotatable bonds is 4. The monoisotopic (exact) mass is 489 g/mol. The minimum Gasteiger partial charge on any atom is -0.342 e. The van der Waals surface area contributed by atoms with Crippen LogP contribution >= 0.6 is 23.2 Å². The summed E-state index contributed by atoms with van der Waals surface area (Å²) >= 11 is 12.3. The first-order valence-electron chi connectivity index (χ1n) is 10.4. The van der Waals surface area contributed by atoms with E-state index < -0.39 is 17.8 Å². The van der Waals surface area contributed by atoms with Gasteiger partial charge >= 0.3 is 6.03 Å². The predicted molar refractivity (Wildman–Crippen MR) is 133 cm³/mol. The molecule has 6 nitrogen and oxygen atoms in total. The van der Waals surface area contributed by atoms with E-state index in [0.29, 0.717) is 12.1 Å². The van der Waals surface area contributed by atoms with Gasteiger partial charge in [-0.15, -0.1) is 0 Å². The van der Waals surface area contributed by atoms with Crippen LogP contribution < -0.4 is 10.2 Å². The topological polar surface area (TPSA) is 71.4 Å². The maximum atomic E-state index is 13.3. The molecular weight excluding hydrogens is 473 g/mol. The van der Waals surface area contributed by atoms with Crippen molar-refractivity contribution in [3.8, 4) is 0 Å². The third-order valence-corrected chi connectivity index (χ3v) is 6.40. The summed E-state index contributed by atoms with van der Waals surface area (Å²) in [6.45, 7) is 0.618. The number of benzene rings is 3. The third kappa shape index (κ3) is 3.87. The fraction of sp³-hybridized carbons (Fsp3) is 0.0385. The SMILES string of the molecule is O=C1NC(=O)N(c2cccc(Cl)c2Cl)C(=O)/C1=C/c1cn(Cc2ccccc2)c2ccccc12. The van der Waals surface area contributed by atoms with Crippen molar-refractivity contribution < 1.29 is 14.4 Å². The number of carbonyl (C=O) groups is 3. The number of barbiturate groups is 1. The van der Waals surface area contributed by atoms with Crippen molar-refractivity contribution in [3.63, 3.8) is 0 Å². The summed E-state index contributed by atoms with van der Waals surface area (Å²) in [6, 6.07) is 21.4. The number of hydrogen-bond donors (Lipinski definition) is 1. The fourth-order valence-corrected chi connectivity index (χ4v) is 4.38. The largest absolute Gasteiger partial charge is 0.342 e. The number of urea groups is 1. The molecule has 1 N–H and O–H groups in total. The van der Waals surface area contributed by atoms with Crippen LogP contribution in [0.15, 0.2) is 84.6 Å². The van der Waals surface area contributed by atoms with Crippen LogP contribution in [-0.2, 0) is 16.1 Å². The second-order valence-corrected chi connectivity index (χ2v) is 8.53. The van der Waals surface area contributed by atoms with Gasteiger partial charge in [0.05, 0.1) is 15.7 Å². The lowest BCUT2D eigenvalue weighted by molar-refractivity contribution is -0.122. The standard InChI is InChI=1S/C26H17Cl2N3O3/c27-20-10-6-12-22(23(20)28)31-25(33)19(24(32)29-26(31)34)13-17-15-30(14-16-7-2-1-3-8-16)21-11-5-4-9-18(17)21/h1-13,15H,14H2,(H,29,32,34)/b19-13+. The van der Waals surface area contributed by atoms with Crippen LogP contribution in [0.5, 0.6) is 0 Å². The summed E-state index contributed by atoms with van der Waals surface area (Å²) in [5.74, 6) is -1.55. The van der Waals surface area contributed by atoms with Crippen molar-refractivity contribution in [1.29, 1.82) is 0 Å². The first-order chi connectivity index (χ1) is 16.4. The Morgan fingerprint density at radius 2 is 1.59 bits per heavy atom. The van der Waals surface area contributed by atoms with Crippen LogP contribution in [0.25, 0.3) is 17.0 Å². The number of halogens is 2. The van der Waals surface area contributed by atoms with Gasteiger partial charge in [0.15, 0.2) is 0 Å². The third-order valence-electron chi connectivity index (χ3n) is 5.59. The number of nitrogens with zero attached hydrogens (tertiary/aromatic N) is 2. The number of aromatic nitrogens is 1. The number of anilines is 1. The minimum atomic E-state index is -0.886. The summed E-state index contributed by atoms with van der Waals surface area (Å²) in [4.78, 5) is 39.3. The summed E-state index contributed by atoms with van der Waals surface area (Å²) in [5.41, 5.74) is 2.66. The molecule has 3 aromatic carbocycles. The zero-order valence-electron chi connectivity index (χ0n) is 17.7. The Morgan fingerprint density at radius 1 is 0.853 bits per heavy atom. The first kappa shape index (κ1) is 21.9. The van der Waals surface area contributed by atoms with Gasteiger partial charge in [-0.05, 0) is 29.8 Å². The highest BCUT2D eigenvalue weighted by molar-refractivity contribution is 6.46. The quantitative estimate of drug-likeness (QED) is 0.296. The van der Waals surface area contributed by atoms with Crippen molar-refractivity contribution in [2.45, 2.75) is 6.54 Å². The number of carbonyl (C=O) groups excluding carboxylic acids is 3. The molecule has 1 aliphatic heterocycles. The van der Waals surface area contributed by atoms with Gasteiger partial charge in [0, 0.05) is 29.2 Å². The van der Waals surface area contributed by atoms with E-state index in [4.69, 9.17) is 23.2 Å². The van der Waals surface area contributed by atoms with Gasteiger partial charge in [-0.3, -0.25) is 14.9 Å². The predicted octanol–water partition coefficient (Wildman–Crippen LogP) is 5.66. The molecule has 0 aliphatic carbocycles. The number of hydrogen-bond acceptors (Lipinski definition) is 3. The van der Waals surface area contributed by atoms with Crippen molar-refractivity contribution in [2.75, 3.05) is 4.90 Å². The highest BCUT2D eigenvalue weighted by atomic mass is 35.5. The highest BCUT2D eigenvalue weighted by Crippen LogP contribution is 2.34. The van der Waals surface area contributed by atoms with E-state index in [1.807, 2.05) is 60.8 Å². The van der Waals surface area contributed by atoms with Crippen LogP contribution in [0.3, 0.4) is 0 Å². The maximum absolute atomic E-state index is 13.3. The molecule has 1 fully saturated rings. The van der Waals surface area contributed by atoms with E-state index in [9.17, 15) is 14.4 Å². The molecular formula is C26H17Cl2N3O3. The van der Waals surface area contributed by atoms with Gasteiger partial charge < -0.3 is 4.57 Å². The zero-order chi connectivity index (χ0) is 23.8. The van der Waals surface area contributed by atoms with E-state index in [1.165, 1.54) is 12.1 Å². The molecule has 0 saturated carbocycles. The number of amides is 4. The van der Waals surface area contributed by atoms with E-state index in [2.05, 4.69) is 9.88 Å². The zero-order valence-corrected chi connectivity index (χ0v) is 19.2. The molecule has 0 bridgehead atoms. The number of para-hydroxylation sites is 1.